The maximum atomic E-state index is 6.36. The third-order valence-electron chi connectivity index (χ3n) is 10.4. The van der Waals surface area contributed by atoms with Crippen molar-refractivity contribution < 1.29 is 4.74 Å². The second kappa shape index (κ2) is 10.4. The molecule has 0 amide bonds. The Balaban J connectivity index is 1.11. The van der Waals surface area contributed by atoms with Crippen molar-refractivity contribution in [3.8, 4) is 56.0 Å². The van der Waals surface area contributed by atoms with Crippen LogP contribution in [0.1, 0.15) is 22.3 Å². The van der Waals surface area contributed by atoms with Crippen LogP contribution in [0.4, 0.5) is 0 Å². The molecule has 0 spiro atoms. The summed E-state index contributed by atoms with van der Waals surface area (Å²) in [5.41, 5.74) is 14.6. The van der Waals surface area contributed by atoms with Crippen LogP contribution in [0.25, 0.3) is 55.3 Å². The number of hydrogen-bond donors (Lipinski definition) is 0. The molecule has 0 atom stereocenters. The van der Waals surface area contributed by atoms with Gasteiger partial charge in [0.1, 0.15) is 11.5 Å². The van der Waals surface area contributed by atoms with Gasteiger partial charge in [0.05, 0.1) is 5.41 Å². The summed E-state index contributed by atoms with van der Waals surface area (Å²) in [6.07, 6.45) is 0. The zero-order chi connectivity index (χ0) is 31.7. The first-order valence-corrected chi connectivity index (χ1v) is 16.6. The van der Waals surface area contributed by atoms with Crippen molar-refractivity contribution in [2.75, 3.05) is 0 Å². The van der Waals surface area contributed by atoms with Gasteiger partial charge >= 0.3 is 0 Å². The van der Waals surface area contributed by atoms with E-state index >= 15 is 0 Å². The summed E-state index contributed by atoms with van der Waals surface area (Å²) in [6, 6.07) is 66.3. The monoisotopic (exact) mass is 610 g/mol. The standard InChI is InChI=1S/C47H30O/c1-3-12-34(13-4-1)47(35-14-5-2-6-15-35)42-20-9-7-16-37(42)38-27-26-33(30-43(38)47)31-22-24-32(25-23-31)36-28-29-45-46-40(36)18-11-19-41(46)39-17-8-10-21-44(39)48-45/h1-30H. The summed E-state index contributed by atoms with van der Waals surface area (Å²) in [5.74, 6) is 1.83. The number of para-hydroxylation sites is 1. The van der Waals surface area contributed by atoms with E-state index in [4.69, 9.17) is 4.74 Å². The summed E-state index contributed by atoms with van der Waals surface area (Å²) < 4.78 is 6.36. The van der Waals surface area contributed by atoms with Gasteiger partial charge in [-0.25, -0.2) is 0 Å². The van der Waals surface area contributed by atoms with Gasteiger partial charge in [0, 0.05) is 10.9 Å². The van der Waals surface area contributed by atoms with Crippen molar-refractivity contribution in [3.63, 3.8) is 0 Å². The van der Waals surface area contributed by atoms with Crippen LogP contribution in [0.5, 0.6) is 11.5 Å². The molecule has 1 nitrogen and oxygen atoms in total. The molecule has 0 radical (unpaired) electrons. The number of fused-ring (bicyclic) bond motifs is 5. The predicted octanol–water partition coefficient (Wildman–Crippen LogP) is 12.3. The van der Waals surface area contributed by atoms with E-state index in [1.807, 2.05) is 12.1 Å². The Morgan fingerprint density at radius 3 is 1.69 bits per heavy atom. The van der Waals surface area contributed by atoms with Crippen LogP contribution in [0.2, 0.25) is 0 Å². The molecule has 0 fully saturated rings. The molecule has 1 aliphatic heterocycles. The van der Waals surface area contributed by atoms with Crippen molar-refractivity contribution in [2.24, 2.45) is 0 Å². The van der Waals surface area contributed by atoms with E-state index in [9.17, 15) is 0 Å². The molecule has 0 bridgehead atoms. The van der Waals surface area contributed by atoms with Gasteiger partial charge in [0.25, 0.3) is 0 Å². The normalized spacial score (nSPS) is 13.3. The molecule has 0 saturated carbocycles. The van der Waals surface area contributed by atoms with Crippen molar-refractivity contribution in [1.29, 1.82) is 0 Å². The Morgan fingerprint density at radius 2 is 0.917 bits per heavy atom. The Bertz CT molecular complexity index is 2470. The maximum absolute atomic E-state index is 6.36. The third kappa shape index (κ3) is 3.79. The predicted molar refractivity (Wildman–Crippen MR) is 198 cm³/mol. The summed E-state index contributed by atoms with van der Waals surface area (Å²) in [7, 11) is 0. The van der Waals surface area contributed by atoms with Gasteiger partial charge in [-0.3, -0.25) is 0 Å². The minimum absolute atomic E-state index is 0.408. The SMILES string of the molecule is c1ccc(C2(c3ccccc3)c3ccccc3-c3ccc(-c4ccc(-c5ccc6c7c(cccc57)-c5ccccc5O6)cc4)cc32)cc1. The van der Waals surface area contributed by atoms with Gasteiger partial charge in [-0.15, -0.1) is 0 Å². The quantitative estimate of drug-likeness (QED) is 0.193. The van der Waals surface area contributed by atoms with Gasteiger partial charge in [-0.2, -0.15) is 0 Å². The van der Waals surface area contributed by atoms with Crippen LogP contribution < -0.4 is 4.74 Å². The molecule has 0 saturated heterocycles. The van der Waals surface area contributed by atoms with Crippen molar-refractivity contribution in [3.05, 3.63) is 204 Å². The molecule has 0 N–H and O–H groups in total. The summed E-state index contributed by atoms with van der Waals surface area (Å²) in [6.45, 7) is 0. The maximum Gasteiger partial charge on any atom is 0.135 e. The molecule has 224 valence electrons. The van der Waals surface area contributed by atoms with Crippen LogP contribution in [0.15, 0.2) is 182 Å². The Kier molecular flexibility index (Phi) is 5.86. The Morgan fingerprint density at radius 1 is 0.333 bits per heavy atom. The van der Waals surface area contributed by atoms with Crippen LogP contribution in [0, 0.1) is 0 Å². The average molecular weight is 611 g/mol. The van der Waals surface area contributed by atoms with Gasteiger partial charge in [-0.1, -0.05) is 164 Å². The second-order valence-corrected chi connectivity index (χ2v) is 12.8. The van der Waals surface area contributed by atoms with E-state index in [1.165, 1.54) is 72.0 Å². The van der Waals surface area contributed by atoms with Crippen LogP contribution in [0.3, 0.4) is 0 Å². The highest BCUT2D eigenvalue weighted by molar-refractivity contribution is 6.10. The molecular weight excluding hydrogens is 581 g/mol. The number of ether oxygens (including phenoxy) is 1. The molecule has 0 aromatic heterocycles. The van der Waals surface area contributed by atoms with Crippen LogP contribution >= 0.6 is 0 Å². The summed E-state index contributed by atoms with van der Waals surface area (Å²) in [4.78, 5) is 0. The Labute approximate surface area is 280 Å². The van der Waals surface area contributed by atoms with Gasteiger partial charge in [0.2, 0.25) is 0 Å². The fourth-order valence-corrected chi connectivity index (χ4v) is 8.30. The van der Waals surface area contributed by atoms with E-state index in [2.05, 4.69) is 170 Å². The summed E-state index contributed by atoms with van der Waals surface area (Å²) in [5, 5.41) is 2.38. The molecule has 2 aliphatic rings. The molecule has 1 aliphatic carbocycles. The van der Waals surface area contributed by atoms with Gasteiger partial charge in [0.15, 0.2) is 0 Å². The lowest BCUT2D eigenvalue weighted by Crippen LogP contribution is -2.28. The van der Waals surface area contributed by atoms with Gasteiger partial charge in [-0.05, 0) is 84.8 Å². The second-order valence-electron chi connectivity index (χ2n) is 12.8. The molecule has 1 heterocycles. The highest BCUT2D eigenvalue weighted by Crippen LogP contribution is 2.56. The number of hydrogen-bond acceptors (Lipinski definition) is 1. The molecule has 1 heteroatoms. The minimum atomic E-state index is -0.408. The fourth-order valence-electron chi connectivity index (χ4n) is 8.30. The zero-order valence-corrected chi connectivity index (χ0v) is 26.2. The number of benzene rings is 8. The third-order valence-corrected chi connectivity index (χ3v) is 10.4. The highest BCUT2D eigenvalue weighted by Gasteiger charge is 2.46. The zero-order valence-electron chi connectivity index (χ0n) is 26.2. The lowest BCUT2D eigenvalue weighted by atomic mass is 9.67. The van der Waals surface area contributed by atoms with E-state index in [-0.39, 0.29) is 0 Å². The van der Waals surface area contributed by atoms with Gasteiger partial charge < -0.3 is 4.74 Å². The molecule has 8 aromatic rings. The Hall–Kier alpha value is -6.18. The largest absolute Gasteiger partial charge is 0.456 e. The summed E-state index contributed by atoms with van der Waals surface area (Å²) >= 11 is 0. The van der Waals surface area contributed by atoms with Crippen LogP contribution in [-0.4, -0.2) is 0 Å². The lowest BCUT2D eigenvalue weighted by Gasteiger charge is -2.34. The first-order valence-electron chi connectivity index (χ1n) is 16.6. The van der Waals surface area contributed by atoms with Crippen molar-refractivity contribution in [1.82, 2.24) is 0 Å². The molecule has 8 aromatic carbocycles. The highest BCUT2D eigenvalue weighted by atomic mass is 16.5. The fraction of sp³-hybridized carbons (Fsp3) is 0.0213. The van der Waals surface area contributed by atoms with E-state index in [1.54, 1.807) is 0 Å². The molecule has 48 heavy (non-hydrogen) atoms. The smallest absolute Gasteiger partial charge is 0.135 e. The number of rotatable bonds is 4. The molecular formula is C47H30O. The van der Waals surface area contributed by atoms with Crippen molar-refractivity contribution in [2.45, 2.75) is 5.41 Å². The lowest BCUT2D eigenvalue weighted by molar-refractivity contribution is 0.487. The molecule has 0 unspecified atom stereocenters. The first-order chi connectivity index (χ1) is 23.8. The van der Waals surface area contributed by atoms with E-state index < -0.39 is 5.41 Å². The van der Waals surface area contributed by atoms with E-state index in [0.717, 1.165) is 17.1 Å². The first kappa shape index (κ1) is 27.0. The van der Waals surface area contributed by atoms with E-state index in [0.29, 0.717) is 0 Å². The van der Waals surface area contributed by atoms with Crippen molar-refractivity contribution >= 4 is 10.8 Å². The van der Waals surface area contributed by atoms with Crippen LogP contribution in [-0.2, 0) is 5.41 Å². The minimum Gasteiger partial charge on any atom is -0.456 e. The average Bonchev–Trinajstić information content (AvgIpc) is 3.46. The topological polar surface area (TPSA) is 9.23 Å². The molecule has 10 rings (SSSR count).